The van der Waals surface area contributed by atoms with Crippen molar-refractivity contribution in [2.45, 2.75) is 55.3 Å². The molecule has 0 bridgehead atoms. The highest BCUT2D eigenvalue weighted by atomic mass is 16.3. The molecule has 0 radical (unpaired) electrons. The van der Waals surface area contributed by atoms with Crippen molar-refractivity contribution in [2.75, 3.05) is 36.5 Å². The normalized spacial score (nSPS) is 21.3. The Kier molecular flexibility index (Phi) is 10.6. The lowest BCUT2D eigenvalue weighted by Gasteiger charge is -2.30. The number of fused-ring (bicyclic) bond motifs is 1. The summed E-state index contributed by atoms with van der Waals surface area (Å²) in [6.45, 7) is 0.376. The van der Waals surface area contributed by atoms with Gasteiger partial charge in [-0.1, -0.05) is 72.8 Å². The van der Waals surface area contributed by atoms with Crippen molar-refractivity contribution in [3.05, 3.63) is 108 Å². The van der Waals surface area contributed by atoms with E-state index in [9.17, 15) is 35.1 Å². The van der Waals surface area contributed by atoms with E-state index >= 15 is 0 Å². The molecule has 54 heavy (non-hydrogen) atoms. The van der Waals surface area contributed by atoms with Gasteiger partial charge in [-0.3, -0.25) is 4.79 Å². The Labute approximate surface area is 310 Å². The highest BCUT2D eigenvalue weighted by molar-refractivity contribution is 5.85. The number of anilines is 2. The third-order valence-corrected chi connectivity index (χ3v) is 10.1. The van der Waals surface area contributed by atoms with Crippen LogP contribution in [-0.4, -0.2) is 108 Å². The van der Waals surface area contributed by atoms with Crippen molar-refractivity contribution in [3.63, 3.8) is 0 Å². The number of aromatic hydroxyl groups is 1. The van der Waals surface area contributed by atoms with Crippen molar-refractivity contribution in [2.24, 2.45) is 0 Å². The van der Waals surface area contributed by atoms with Crippen LogP contribution in [0.3, 0.4) is 0 Å². The second kappa shape index (κ2) is 15.7. The SMILES string of the molecule is O=C(CO)N[C@H]1C[C@@H](n2cnc3c(NCC(O)(c4ccccc4)c4ccccc4)nc(N4CCC(NC(=O)NCc5cccc(O)c5)C4)nc32)[C@H](O)[C@@H]1O. The first-order chi connectivity index (χ1) is 26.1. The van der Waals surface area contributed by atoms with Crippen LogP contribution in [0, 0.1) is 0 Å². The van der Waals surface area contributed by atoms with Gasteiger partial charge in [-0.05, 0) is 41.7 Å². The van der Waals surface area contributed by atoms with Gasteiger partial charge in [0.2, 0.25) is 11.9 Å². The van der Waals surface area contributed by atoms with Crippen LogP contribution in [0.5, 0.6) is 5.75 Å². The lowest BCUT2D eigenvalue weighted by Crippen LogP contribution is -2.44. The molecule has 0 spiro atoms. The summed E-state index contributed by atoms with van der Waals surface area (Å²) < 4.78 is 1.64. The summed E-state index contributed by atoms with van der Waals surface area (Å²) in [5.74, 6) is 0.0768. The monoisotopic (exact) mass is 737 g/mol. The van der Waals surface area contributed by atoms with E-state index in [4.69, 9.17) is 9.97 Å². The number of phenols is 1. The molecular weight excluding hydrogens is 694 g/mol. The molecule has 16 heteroatoms. The zero-order valence-corrected chi connectivity index (χ0v) is 29.3. The van der Waals surface area contributed by atoms with Gasteiger partial charge in [0.25, 0.3) is 0 Å². The Morgan fingerprint density at radius 2 is 1.63 bits per heavy atom. The average molecular weight is 738 g/mol. The zero-order chi connectivity index (χ0) is 37.8. The van der Waals surface area contributed by atoms with Crippen LogP contribution < -0.4 is 26.2 Å². The van der Waals surface area contributed by atoms with Crippen LogP contribution in [0.1, 0.15) is 35.6 Å². The third kappa shape index (κ3) is 7.63. The summed E-state index contributed by atoms with van der Waals surface area (Å²) in [5.41, 5.74) is 1.30. The molecule has 1 unspecified atom stereocenters. The molecule has 16 nitrogen and oxygen atoms in total. The number of urea groups is 1. The minimum Gasteiger partial charge on any atom is -0.508 e. The molecule has 2 aromatic heterocycles. The molecule has 5 atom stereocenters. The summed E-state index contributed by atoms with van der Waals surface area (Å²) in [6, 6.07) is 23.1. The Hall–Kier alpha value is -5.81. The van der Waals surface area contributed by atoms with Gasteiger partial charge in [-0.25, -0.2) is 9.78 Å². The first-order valence-corrected chi connectivity index (χ1v) is 17.8. The van der Waals surface area contributed by atoms with Crippen LogP contribution in [0.2, 0.25) is 0 Å². The van der Waals surface area contributed by atoms with Gasteiger partial charge in [0.05, 0.1) is 25.0 Å². The number of aliphatic hydroxyl groups excluding tert-OH is 3. The zero-order valence-electron chi connectivity index (χ0n) is 29.3. The van der Waals surface area contributed by atoms with Gasteiger partial charge in [0, 0.05) is 25.7 Å². The van der Waals surface area contributed by atoms with Crippen molar-refractivity contribution in [3.8, 4) is 5.75 Å². The van der Waals surface area contributed by atoms with Crippen molar-refractivity contribution < 1.29 is 35.1 Å². The molecule has 282 valence electrons. The molecule has 7 rings (SSSR count). The van der Waals surface area contributed by atoms with Gasteiger partial charge in [0.15, 0.2) is 17.0 Å². The first kappa shape index (κ1) is 36.5. The van der Waals surface area contributed by atoms with E-state index in [0.717, 1.165) is 5.56 Å². The smallest absolute Gasteiger partial charge is 0.315 e. The molecule has 1 aliphatic carbocycles. The van der Waals surface area contributed by atoms with E-state index in [1.807, 2.05) is 65.6 Å². The van der Waals surface area contributed by atoms with Gasteiger partial charge >= 0.3 is 6.03 Å². The summed E-state index contributed by atoms with van der Waals surface area (Å²) in [4.78, 5) is 41.1. The first-order valence-electron chi connectivity index (χ1n) is 17.8. The van der Waals surface area contributed by atoms with Crippen LogP contribution in [0.4, 0.5) is 16.6 Å². The molecule has 3 heterocycles. The Bertz CT molecular complexity index is 2040. The summed E-state index contributed by atoms with van der Waals surface area (Å²) >= 11 is 0. The van der Waals surface area contributed by atoms with Crippen LogP contribution >= 0.6 is 0 Å². The van der Waals surface area contributed by atoms with E-state index in [1.54, 1.807) is 28.8 Å². The summed E-state index contributed by atoms with van der Waals surface area (Å²) in [5, 5.41) is 64.9. The van der Waals surface area contributed by atoms with Gasteiger partial charge in [-0.15, -0.1) is 0 Å². The molecule has 1 saturated carbocycles. The van der Waals surface area contributed by atoms with E-state index in [1.165, 1.54) is 6.33 Å². The van der Waals surface area contributed by atoms with Crippen LogP contribution in [0.25, 0.3) is 11.2 Å². The Morgan fingerprint density at radius 3 is 2.31 bits per heavy atom. The number of hydrogen-bond acceptors (Lipinski definition) is 12. The fraction of sp³-hybridized carbons (Fsp3) is 0.342. The molecule has 1 aliphatic heterocycles. The highest BCUT2D eigenvalue weighted by Gasteiger charge is 2.44. The molecule has 2 aliphatic rings. The number of nitrogens with one attached hydrogen (secondary N) is 4. The van der Waals surface area contributed by atoms with Gasteiger partial charge < -0.3 is 56.3 Å². The topological polar surface area (TPSA) is 230 Å². The minimum atomic E-state index is -1.47. The van der Waals surface area contributed by atoms with Gasteiger partial charge in [-0.2, -0.15) is 9.97 Å². The number of carbonyl (C=O) groups excluding carboxylic acids is 2. The third-order valence-electron chi connectivity index (χ3n) is 10.1. The maximum absolute atomic E-state index is 12.8. The van der Waals surface area contributed by atoms with E-state index in [0.29, 0.717) is 53.6 Å². The number of benzene rings is 3. The number of amides is 3. The lowest BCUT2D eigenvalue weighted by atomic mass is 9.86. The van der Waals surface area contributed by atoms with Crippen molar-refractivity contribution in [1.82, 2.24) is 35.5 Å². The number of nitrogens with zero attached hydrogens (tertiary/aromatic N) is 5. The predicted molar refractivity (Wildman–Crippen MR) is 198 cm³/mol. The minimum absolute atomic E-state index is 0.00299. The van der Waals surface area contributed by atoms with Crippen LogP contribution in [0.15, 0.2) is 91.3 Å². The van der Waals surface area contributed by atoms with Crippen LogP contribution in [-0.2, 0) is 16.9 Å². The lowest BCUT2D eigenvalue weighted by molar-refractivity contribution is -0.125. The molecule has 2 fully saturated rings. The quantitative estimate of drug-likeness (QED) is 0.0877. The number of carbonyl (C=O) groups is 2. The maximum atomic E-state index is 12.8. The number of hydrogen-bond donors (Lipinski definition) is 9. The second-order valence-corrected chi connectivity index (χ2v) is 13.7. The van der Waals surface area contributed by atoms with E-state index < -0.39 is 42.4 Å². The standard InChI is InChI=1S/C38H43N9O7/c48-20-30(50)43-28-17-29(33(52)32(28)51)47-22-41-31-34(40-21-38(54,24-9-3-1-4-10-24)25-11-5-2-6-12-25)44-36(45-35(31)47)46-15-14-26(19-46)42-37(53)39-18-23-8-7-13-27(49)16-23/h1-13,16,22,26,28-29,32-33,48-49,51-52,54H,14-15,17-21H2,(H,43,50)(H2,39,42,53)(H,40,44,45)/t26?,28-,29+,32+,33-/m0/s1. The largest absolute Gasteiger partial charge is 0.508 e. The molecule has 9 N–H and O–H groups in total. The van der Waals surface area contributed by atoms with Gasteiger partial charge in [0.1, 0.15) is 30.2 Å². The highest BCUT2D eigenvalue weighted by Crippen LogP contribution is 2.36. The summed E-state index contributed by atoms with van der Waals surface area (Å²) in [6.07, 6.45) is -0.364. The average Bonchev–Trinajstić information content (AvgIpc) is 3.91. The maximum Gasteiger partial charge on any atom is 0.315 e. The number of aromatic nitrogens is 4. The fourth-order valence-corrected chi connectivity index (χ4v) is 7.25. The molecule has 1 saturated heterocycles. The number of imidazole rings is 1. The fourth-order valence-electron chi connectivity index (χ4n) is 7.25. The number of rotatable bonds is 12. The number of phenolic OH excluding ortho intramolecular Hbond substituents is 1. The molecule has 3 amide bonds. The molecular formula is C38H43N9O7. The Morgan fingerprint density at radius 1 is 0.907 bits per heavy atom. The van der Waals surface area contributed by atoms with Crippen molar-refractivity contribution in [1.29, 1.82) is 0 Å². The van der Waals surface area contributed by atoms with Crippen molar-refractivity contribution >= 4 is 34.9 Å². The summed E-state index contributed by atoms with van der Waals surface area (Å²) in [7, 11) is 0. The predicted octanol–water partition coefficient (Wildman–Crippen LogP) is 1.10. The van der Waals surface area contributed by atoms with E-state index in [2.05, 4.69) is 26.3 Å². The Balaban J connectivity index is 1.17. The molecule has 3 aromatic carbocycles. The van der Waals surface area contributed by atoms with E-state index in [-0.39, 0.29) is 37.3 Å². The number of aliphatic hydroxyl groups is 4. The second-order valence-electron chi connectivity index (χ2n) is 13.7. The molecule has 5 aromatic rings.